The maximum atomic E-state index is 11.5. The summed E-state index contributed by atoms with van der Waals surface area (Å²) in [4.78, 5) is 20.2. The lowest BCUT2D eigenvalue weighted by Crippen LogP contribution is -2.52. The van der Waals surface area contributed by atoms with E-state index in [0.717, 1.165) is 37.8 Å². The van der Waals surface area contributed by atoms with Gasteiger partial charge in [-0.25, -0.2) is 9.78 Å². The van der Waals surface area contributed by atoms with Crippen LogP contribution in [0.2, 0.25) is 0 Å². The van der Waals surface area contributed by atoms with Crippen LogP contribution in [-0.2, 0) is 0 Å². The van der Waals surface area contributed by atoms with Crippen LogP contribution in [0.4, 0.5) is 16.4 Å². The fraction of sp³-hybridized carbons (Fsp3) is 0.500. The van der Waals surface area contributed by atoms with E-state index in [1.807, 2.05) is 30.1 Å². The van der Waals surface area contributed by atoms with E-state index in [4.69, 9.17) is 0 Å². The zero-order valence-corrected chi connectivity index (χ0v) is 10.4. The Morgan fingerprint density at radius 2 is 2.33 bits per heavy atom. The number of nitrogens with one attached hydrogen (secondary N) is 2. The number of hydrogen-bond donors (Lipinski definition) is 2. The average molecular weight is 247 g/mol. The van der Waals surface area contributed by atoms with Crippen LogP contribution in [0.1, 0.15) is 0 Å². The lowest BCUT2D eigenvalue weighted by atomic mass is 10.2. The van der Waals surface area contributed by atoms with Gasteiger partial charge in [0.1, 0.15) is 11.6 Å². The number of nitrogens with zero attached hydrogens (tertiary/aromatic N) is 3. The van der Waals surface area contributed by atoms with E-state index in [2.05, 4.69) is 20.5 Å². The number of rotatable bonds is 2. The molecule has 6 nitrogen and oxygen atoms in total. The molecule has 0 saturated carbocycles. The molecule has 6 heteroatoms. The van der Waals surface area contributed by atoms with Crippen LogP contribution in [0.3, 0.4) is 0 Å². The van der Waals surface area contributed by atoms with Crippen molar-refractivity contribution in [3.63, 3.8) is 0 Å². The molecule has 3 rings (SSSR count). The summed E-state index contributed by atoms with van der Waals surface area (Å²) >= 11 is 0. The topological polar surface area (TPSA) is 60.5 Å². The van der Waals surface area contributed by atoms with E-state index >= 15 is 0 Å². The molecule has 18 heavy (non-hydrogen) atoms. The van der Waals surface area contributed by atoms with Gasteiger partial charge in [-0.1, -0.05) is 6.07 Å². The Morgan fingerprint density at radius 1 is 1.44 bits per heavy atom. The van der Waals surface area contributed by atoms with E-state index in [9.17, 15) is 4.79 Å². The van der Waals surface area contributed by atoms with Gasteiger partial charge < -0.3 is 20.4 Å². The molecule has 2 aliphatic rings. The van der Waals surface area contributed by atoms with Crippen molar-refractivity contribution < 1.29 is 4.79 Å². The Morgan fingerprint density at radius 3 is 3.17 bits per heavy atom. The number of fused-ring (bicyclic) bond motifs is 1. The summed E-state index contributed by atoms with van der Waals surface area (Å²) in [5.41, 5.74) is 0. The summed E-state index contributed by atoms with van der Waals surface area (Å²) in [5.74, 6) is 1.84. The normalized spacial score (nSPS) is 22.7. The molecule has 2 fully saturated rings. The van der Waals surface area contributed by atoms with Crippen molar-refractivity contribution in [1.82, 2.24) is 15.2 Å². The second-order valence-corrected chi connectivity index (χ2v) is 4.61. The molecule has 1 atom stereocenters. The highest BCUT2D eigenvalue weighted by Crippen LogP contribution is 2.20. The number of piperazine rings is 1. The maximum absolute atomic E-state index is 11.5. The summed E-state index contributed by atoms with van der Waals surface area (Å²) in [6.07, 6.45) is 0. The highest BCUT2D eigenvalue weighted by atomic mass is 16.2. The predicted molar refractivity (Wildman–Crippen MR) is 69.9 cm³/mol. The second-order valence-electron chi connectivity index (χ2n) is 4.61. The molecular formula is C12H17N5O. The fourth-order valence-corrected chi connectivity index (χ4v) is 2.55. The Hall–Kier alpha value is -1.98. The Labute approximate surface area is 106 Å². The van der Waals surface area contributed by atoms with E-state index in [-0.39, 0.29) is 12.1 Å². The molecule has 2 saturated heterocycles. The first-order valence-electron chi connectivity index (χ1n) is 6.22. The van der Waals surface area contributed by atoms with E-state index in [1.165, 1.54) is 0 Å². The van der Waals surface area contributed by atoms with E-state index in [0.29, 0.717) is 0 Å². The summed E-state index contributed by atoms with van der Waals surface area (Å²) in [6.45, 7) is 3.19. The molecule has 0 aliphatic carbocycles. The highest BCUT2D eigenvalue weighted by Gasteiger charge is 2.35. The van der Waals surface area contributed by atoms with Gasteiger partial charge >= 0.3 is 6.03 Å². The third-order valence-electron chi connectivity index (χ3n) is 3.55. The molecule has 3 heterocycles. The number of amides is 2. The van der Waals surface area contributed by atoms with Crippen LogP contribution in [0.25, 0.3) is 0 Å². The third-order valence-corrected chi connectivity index (χ3v) is 3.55. The van der Waals surface area contributed by atoms with Crippen LogP contribution in [0, 0.1) is 0 Å². The molecule has 0 bridgehead atoms. The SMILES string of the molecule is CNc1cccc(N2CCN3C(=O)NCC3C2)n1. The zero-order chi connectivity index (χ0) is 12.5. The lowest BCUT2D eigenvalue weighted by molar-refractivity contribution is 0.197. The van der Waals surface area contributed by atoms with Crippen molar-refractivity contribution in [3.05, 3.63) is 18.2 Å². The van der Waals surface area contributed by atoms with Crippen LogP contribution >= 0.6 is 0 Å². The summed E-state index contributed by atoms with van der Waals surface area (Å²) < 4.78 is 0. The quantitative estimate of drug-likeness (QED) is 0.791. The van der Waals surface area contributed by atoms with Gasteiger partial charge in [0, 0.05) is 33.2 Å². The number of carbonyl (C=O) groups is 1. The van der Waals surface area contributed by atoms with Crippen molar-refractivity contribution in [3.8, 4) is 0 Å². The van der Waals surface area contributed by atoms with E-state index < -0.39 is 0 Å². The zero-order valence-electron chi connectivity index (χ0n) is 10.4. The highest BCUT2D eigenvalue weighted by molar-refractivity contribution is 5.77. The Balaban J connectivity index is 1.76. The van der Waals surface area contributed by atoms with Gasteiger partial charge in [0.25, 0.3) is 0 Å². The van der Waals surface area contributed by atoms with Crippen molar-refractivity contribution in [2.45, 2.75) is 6.04 Å². The minimum absolute atomic E-state index is 0.0663. The van der Waals surface area contributed by atoms with Gasteiger partial charge in [-0.15, -0.1) is 0 Å². The maximum Gasteiger partial charge on any atom is 0.317 e. The molecule has 2 amide bonds. The number of carbonyl (C=O) groups excluding carboxylic acids is 1. The first kappa shape index (κ1) is 11.1. The first-order valence-corrected chi connectivity index (χ1v) is 6.22. The standard InChI is InChI=1S/C12H17N5O/c1-13-10-3-2-4-11(15-10)16-5-6-17-9(8-16)7-14-12(17)18/h2-4,9H,5-8H2,1H3,(H,13,15)(H,14,18). The number of pyridine rings is 1. The molecule has 2 N–H and O–H groups in total. The van der Waals surface area contributed by atoms with Gasteiger partial charge in [-0.05, 0) is 12.1 Å². The van der Waals surface area contributed by atoms with Gasteiger partial charge in [0.05, 0.1) is 6.04 Å². The van der Waals surface area contributed by atoms with Crippen LogP contribution < -0.4 is 15.5 Å². The predicted octanol–water partition coefficient (Wildman–Crippen LogP) is 0.337. The Bertz CT molecular complexity index is 464. The lowest BCUT2D eigenvalue weighted by Gasteiger charge is -2.37. The van der Waals surface area contributed by atoms with Gasteiger partial charge in [0.2, 0.25) is 0 Å². The van der Waals surface area contributed by atoms with Crippen molar-refractivity contribution in [2.24, 2.45) is 0 Å². The molecule has 2 aliphatic heterocycles. The van der Waals surface area contributed by atoms with Crippen molar-refractivity contribution in [2.75, 3.05) is 43.4 Å². The number of urea groups is 1. The Kier molecular flexibility index (Phi) is 2.70. The average Bonchev–Trinajstić information content (AvgIpc) is 2.80. The largest absolute Gasteiger partial charge is 0.373 e. The molecule has 0 spiro atoms. The molecule has 1 aromatic heterocycles. The molecule has 1 unspecified atom stereocenters. The minimum Gasteiger partial charge on any atom is -0.373 e. The molecule has 0 radical (unpaired) electrons. The van der Waals surface area contributed by atoms with E-state index in [1.54, 1.807) is 0 Å². The van der Waals surface area contributed by atoms with Crippen molar-refractivity contribution in [1.29, 1.82) is 0 Å². The summed E-state index contributed by atoms with van der Waals surface area (Å²) in [5, 5.41) is 5.93. The van der Waals surface area contributed by atoms with Crippen LogP contribution in [0.15, 0.2) is 18.2 Å². The molecular weight excluding hydrogens is 230 g/mol. The van der Waals surface area contributed by atoms with Gasteiger partial charge in [-0.3, -0.25) is 0 Å². The first-order chi connectivity index (χ1) is 8.78. The third kappa shape index (κ3) is 1.83. The number of aromatic nitrogens is 1. The minimum atomic E-state index is 0.0663. The number of anilines is 2. The van der Waals surface area contributed by atoms with Gasteiger partial charge in [0.15, 0.2) is 0 Å². The van der Waals surface area contributed by atoms with Crippen LogP contribution in [0.5, 0.6) is 0 Å². The molecule has 96 valence electrons. The monoisotopic (exact) mass is 247 g/mol. The summed E-state index contributed by atoms with van der Waals surface area (Å²) in [6, 6.07) is 6.29. The van der Waals surface area contributed by atoms with Crippen LogP contribution in [-0.4, -0.2) is 55.2 Å². The smallest absolute Gasteiger partial charge is 0.317 e. The number of hydrogen-bond acceptors (Lipinski definition) is 4. The molecule has 0 aromatic carbocycles. The second kappa shape index (κ2) is 4.36. The van der Waals surface area contributed by atoms with Crippen molar-refractivity contribution >= 4 is 17.7 Å². The van der Waals surface area contributed by atoms with Gasteiger partial charge in [-0.2, -0.15) is 0 Å². The molecule has 1 aromatic rings. The summed E-state index contributed by atoms with van der Waals surface area (Å²) in [7, 11) is 1.86. The fourth-order valence-electron chi connectivity index (χ4n) is 2.55.